The van der Waals surface area contributed by atoms with Gasteiger partial charge in [0.2, 0.25) is 5.78 Å². The maximum atomic E-state index is 12.0. The molecule has 1 rings (SSSR count). The molecule has 1 aromatic carbocycles. The number of hydrogen-bond acceptors (Lipinski definition) is 1. The topological polar surface area (TPSA) is 17.1 Å². The van der Waals surface area contributed by atoms with E-state index in [1.54, 1.807) is 12.1 Å². The second kappa shape index (κ2) is 5.01. The lowest BCUT2D eigenvalue weighted by Gasteiger charge is -2.06. The first-order chi connectivity index (χ1) is 7.00. The van der Waals surface area contributed by atoms with Gasteiger partial charge in [0.05, 0.1) is 0 Å². The lowest BCUT2D eigenvalue weighted by Crippen LogP contribution is -2.12. The van der Waals surface area contributed by atoms with Crippen LogP contribution in [0.3, 0.4) is 0 Å². The van der Waals surface area contributed by atoms with Crippen molar-refractivity contribution >= 4 is 5.78 Å². The van der Waals surface area contributed by atoms with E-state index >= 15 is 0 Å². The molecule has 0 aromatic heterocycles. The summed E-state index contributed by atoms with van der Waals surface area (Å²) < 4.78 is 23.9. The minimum absolute atomic E-state index is 0.184. The summed E-state index contributed by atoms with van der Waals surface area (Å²) in [5.74, 6) is -0.614. The standard InChI is InChI=1S/C12H14F2O/c1-8(2)10-5-3-9(4-6-10)7-11(15)12(13)14/h3-6,8,12H,7H2,1-2H3. The zero-order valence-electron chi connectivity index (χ0n) is 8.84. The Hall–Kier alpha value is -1.25. The Labute approximate surface area is 88.1 Å². The summed E-state index contributed by atoms with van der Waals surface area (Å²) in [6, 6.07) is 7.21. The molecule has 0 amide bonds. The highest BCUT2D eigenvalue weighted by molar-refractivity contribution is 5.83. The molecule has 0 spiro atoms. The first-order valence-electron chi connectivity index (χ1n) is 4.90. The van der Waals surface area contributed by atoms with Crippen molar-refractivity contribution in [1.29, 1.82) is 0 Å². The van der Waals surface area contributed by atoms with Crippen LogP contribution < -0.4 is 0 Å². The van der Waals surface area contributed by atoms with Crippen molar-refractivity contribution in [3.63, 3.8) is 0 Å². The van der Waals surface area contributed by atoms with Crippen LogP contribution in [0, 0.1) is 0 Å². The van der Waals surface area contributed by atoms with Gasteiger partial charge in [0.25, 0.3) is 6.43 Å². The third-order valence-corrected chi connectivity index (χ3v) is 2.27. The zero-order chi connectivity index (χ0) is 11.4. The minimum atomic E-state index is -2.87. The molecule has 0 atom stereocenters. The van der Waals surface area contributed by atoms with Crippen LogP contribution in [0.2, 0.25) is 0 Å². The number of benzene rings is 1. The highest BCUT2D eigenvalue weighted by atomic mass is 19.3. The number of rotatable bonds is 4. The van der Waals surface area contributed by atoms with Crippen LogP contribution in [0.5, 0.6) is 0 Å². The van der Waals surface area contributed by atoms with Gasteiger partial charge in [-0.3, -0.25) is 4.79 Å². The molecule has 15 heavy (non-hydrogen) atoms. The van der Waals surface area contributed by atoms with E-state index in [0.29, 0.717) is 11.5 Å². The van der Waals surface area contributed by atoms with Crippen LogP contribution in [0.25, 0.3) is 0 Å². The fraction of sp³-hybridized carbons (Fsp3) is 0.417. The molecule has 1 aromatic rings. The Morgan fingerprint density at radius 3 is 2.13 bits per heavy atom. The smallest absolute Gasteiger partial charge is 0.293 e. The average molecular weight is 212 g/mol. The van der Waals surface area contributed by atoms with Crippen molar-refractivity contribution in [2.75, 3.05) is 0 Å². The van der Waals surface area contributed by atoms with E-state index < -0.39 is 12.2 Å². The van der Waals surface area contributed by atoms with Crippen LogP contribution in [-0.4, -0.2) is 12.2 Å². The van der Waals surface area contributed by atoms with Crippen molar-refractivity contribution in [2.45, 2.75) is 32.6 Å². The molecule has 0 fully saturated rings. The van der Waals surface area contributed by atoms with E-state index in [4.69, 9.17) is 0 Å². The SMILES string of the molecule is CC(C)c1ccc(CC(=O)C(F)F)cc1. The number of hydrogen-bond donors (Lipinski definition) is 0. The predicted octanol–water partition coefficient (Wildman–Crippen LogP) is 3.19. The van der Waals surface area contributed by atoms with Gasteiger partial charge < -0.3 is 0 Å². The van der Waals surface area contributed by atoms with E-state index in [0.717, 1.165) is 5.56 Å². The highest BCUT2D eigenvalue weighted by Crippen LogP contribution is 2.15. The third-order valence-electron chi connectivity index (χ3n) is 2.27. The number of Topliss-reactive ketones (excluding diaryl/α,β-unsaturated/α-hetero) is 1. The summed E-state index contributed by atoms with van der Waals surface area (Å²) in [4.78, 5) is 10.8. The molecule has 3 heteroatoms. The van der Waals surface area contributed by atoms with Gasteiger partial charge in [0.1, 0.15) is 0 Å². The van der Waals surface area contributed by atoms with Gasteiger partial charge in [-0.05, 0) is 17.0 Å². The number of carbonyl (C=O) groups is 1. The average Bonchev–Trinajstić information content (AvgIpc) is 2.18. The molecule has 0 aliphatic heterocycles. The summed E-state index contributed by atoms with van der Waals surface area (Å²) in [7, 11) is 0. The summed E-state index contributed by atoms with van der Waals surface area (Å²) in [6.45, 7) is 4.11. The fourth-order valence-electron chi connectivity index (χ4n) is 1.30. The molecular weight excluding hydrogens is 198 g/mol. The Kier molecular flexibility index (Phi) is 3.95. The van der Waals surface area contributed by atoms with Crippen molar-refractivity contribution in [3.05, 3.63) is 35.4 Å². The van der Waals surface area contributed by atoms with Gasteiger partial charge in [0, 0.05) is 6.42 Å². The van der Waals surface area contributed by atoms with Crippen LogP contribution in [0.15, 0.2) is 24.3 Å². The normalized spacial score (nSPS) is 11.1. The Balaban J connectivity index is 2.69. The summed E-state index contributed by atoms with van der Waals surface area (Å²) in [6.07, 6.45) is -3.05. The van der Waals surface area contributed by atoms with E-state index in [1.807, 2.05) is 12.1 Å². The molecule has 0 N–H and O–H groups in total. The van der Waals surface area contributed by atoms with Gasteiger partial charge >= 0.3 is 0 Å². The van der Waals surface area contributed by atoms with E-state index in [9.17, 15) is 13.6 Å². The quantitative estimate of drug-likeness (QED) is 0.749. The Morgan fingerprint density at radius 2 is 1.73 bits per heavy atom. The number of carbonyl (C=O) groups excluding carboxylic acids is 1. The maximum Gasteiger partial charge on any atom is 0.296 e. The van der Waals surface area contributed by atoms with E-state index in [1.165, 1.54) is 0 Å². The molecule has 0 radical (unpaired) electrons. The van der Waals surface area contributed by atoms with E-state index in [-0.39, 0.29) is 6.42 Å². The monoisotopic (exact) mass is 212 g/mol. The largest absolute Gasteiger partial charge is 0.296 e. The Morgan fingerprint density at radius 1 is 1.20 bits per heavy atom. The number of halogens is 2. The van der Waals surface area contributed by atoms with Crippen molar-refractivity contribution in [2.24, 2.45) is 0 Å². The van der Waals surface area contributed by atoms with Crippen LogP contribution in [-0.2, 0) is 11.2 Å². The van der Waals surface area contributed by atoms with Crippen molar-refractivity contribution < 1.29 is 13.6 Å². The predicted molar refractivity (Wildman–Crippen MR) is 55.2 cm³/mol. The van der Waals surface area contributed by atoms with Gasteiger partial charge in [-0.15, -0.1) is 0 Å². The Bertz CT molecular complexity index is 328. The molecule has 0 bridgehead atoms. The minimum Gasteiger partial charge on any atom is -0.293 e. The molecule has 0 heterocycles. The second-order valence-electron chi connectivity index (χ2n) is 3.84. The van der Waals surface area contributed by atoms with Crippen molar-refractivity contribution in [1.82, 2.24) is 0 Å². The van der Waals surface area contributed by atoms with Gasteiger partial charge in [-0.2, -0.15) is 0 Å². The summed E-state index contributed by atoms with van der Waals surface area (Å²) in [5.41, 5.74) is 1.79. The van der Waals surface area contributed by atoms with Crippen LogP contribution in [0.1, 0.15) is 30.9 Å². The molecule has 0 aliphatic carbocycles. The molecule has 1 nitrogen and oxygen atoms in total. The molecule has 82 valence electrons. The first-order valence-corrected chi connectivity index (χ1v) is 4.90. The summed E-state index contributed by atoms with van der Waals surface area (Å²) in [5, 5.41) is 0. The van der Waals surface area contributed by atoms with E-state index in [2.05, 4.69) is 13.8 Å². The third kappa shape index (κ3) is 3.42. The molecule has 0 unspecified atom stereocenters. The zero-order valence-corrected chi connectivity index (χ0v) is 8.84. The van der Waals surface area contributed by atoms with Gasteiger partial charge in [0.15, 0.2) is 0 Å². The van der Waals surface area contributed by atoms with Crippen LogP contribution in [0.4, 0.5) is 8.78 Å². The van der Waals surface area contributed by atoms with Crippen molar-refractivity contribution in [3.8, 4) is 0 Å². The van der Waals surface area contributed by atoms with Gasteiger partial charge in [-0.25, -0.2) is 8.78 Å². The first kappa shape index (κ1) is 11.8. The maximum absolute atomic E-state index is 12.0. The molecular formula is C12H14F2O. The number of ketones is 1. The fourth-order valence-corrected chi connectivity index (χ4v) is 1.30. The lowest BCUT2D eigenvalue weighted by molar-refractivity contribution is -0.128. The molecule has 0 saturated carbocycles. The highest BCUT2D eigenvalue weighted by Gasteiger charge is 2.15. The number of alkyl halides is 2. The lowest BCUT2D eigenvalue weighted by atomic mass is 10.0. The molecule has 0 aliphatic rings. The van der Waals surface area contributed by atoms with Crippen LogP contribution >= 0.6 is 0 Å². The second-order valence-corrected chi connectivity index (χ2v) is 3.84. The van der Waals surface area contributed by atoms with Gasteiger partial charge in [-0.1, -0.05) is 38.1 Å². The molecule has 0 saturated heterocycles. The summed E-state index contributed by atoms with van der Waals surface area (Å²) >= 11 is 0.